The van der Waals surface area contributed by atoms with Crippen molar-refractivity contribution in [1.29, 1.82) is 5.26 Å². The highest BCUT2D eigenvalue weighted by atomic mass is 35.5. The maximum atomic E-state index is 14.8. The Morgan fingerprint density at radius 1 is 1.38 bits per heavy atom. The van der Waals surface area contributed by atoms with E-state index in [0.717, 1.165) is 0 Å². The molecule has 10 heteroatoms. The number of anilines is 1. The van der Waals surface area contributed by atoms with Crippen molar-refractivity contribution in [2.45, 2.75) is 19.1 Å². The van der Waals surface area contributed by atoms with Crippen molar-refractivity contribution in [2.75, 3.05) is 32.0 Å². The minimum absolute atomic E-state index is 0.0127. The number of morpholine rings is 1. The third-order valence-electron chi connectivity index (χ3n) is 5.80. The molecule has 3 aromatic rings. The maximum Gasteiger partial charge on any atom is 0.251 e. The van der Waals surface area contributed by atoms with E-state index in [-0.39, 0.29) is 29.9 Å². The smallest absolute Gasteiger partial charge is 0.251 e. The zero-order valence-electron chi connectivity index (χ0n) is 18.5. The predicted molar refractivity (Wildman–Crippen MR) is 126 cm³/mol. The third-order valence-corrected chi connectivity index (χ3v) is 6.13. The summed E-state index contributed by atoms with van der Waals surface area (Å²) >= 11 is 6.36. The van der Waals surface area contributed by atoms with Crippen LogP contribution in [0.4, 0.5) is 10.2 Å². The molecule has 1 aromatic heterocycles. The van der Waals surface area contributed by atoms with Gasteiger partial charge in [-0.3, -0.25) is 9.69 Å². The van der Waals surface area contributed by atoms with Crippen LogP contribution in [0.3, 0.4) is 0 Å². The van der Waals surface area contributed by atoms with Crippen LogP contribution in [0.1, 0.15) is 34.5 Å². The number of nitrogens with one attached hydrogen (secondary N) is 1. The summed E-state index contributed by atoms with van der Waals surface area (Å²) in [5.74, 6) is -0.496. The molecule has 176 valence electrons. The topological polar surface area (TPSA) is 109 Å². The first kappa shape index (κ1) is 23.7. The lowest BCUT2D eigenvalue weighted by Gasteiger charge is -2.38. The normalized spacial score (nSPS) is 17.2. The summed E-state index contributed by atoms with van der Waals surface area (Å²) in [6.07, 6.45) is 1.37. The Kier molecular flexibility index (Phi) is 7.12. The van der Waals surface area contributed by atoms with Crippen molar-refractivity contribution in [3.8, 4) is 11.8 Å². The van der Waals surface area contributed by atoms with E-state index >= 15 is 0 Å². The molecule has 1 saturated heterocycles. The number of hydrogen-bond donors (Lipinski definition) is 2. The summed E-state index contributed by atoms with van der Waals surface area (Å²) in [6, 6.07) is 12.8. The summed E-state index contributed by atoms with van der Waals surface area (Å²) < 4.78 is 21.8. The summed E-state index contributed by atoms with van der Waals surface area (Å²) in [6.45, 7) is 3.84. The van der Waals surface area contributed by atoms with Crippen molar-refractivity contribution < 1.29 is 13.9 Å². The number of hydrogen-bond acceptors (Lipinski definition) is 6. The quantitative estimate of drug-likeness (QED) is 0.558. The van der Waals surface area contributed by atoms with Crippen LogP contribution in [0, 0.1) is 17.1 Å². The molecule has 2 aromatic carbocycles. The fourth-order valence-corrected chi connectivity index (χ4v) is 4.36. The van der Waals surface area contributed by atoms with Crippen molar-refractivity contribution in [3.63, 3.8) is 0 Å². The van der Waals surface area contributed by atoms with Gasteiger partial charge in [0.2, 0.25) is 0 Å². The van der Waals surface area contributed by atoms with Crippen molar-refractivity contribution in [2.24, 2.45) is 0 Å². The first-order chi connectivity index (χ1) is 16.4. The average molecular weight is 483 g/mol. The summed E-state index contributed by atoms with van der Waals surface area (Å²) in [7, 11) is 0. The van der Waals surface area contributed by atoms with Gasteiger partial charge < -0.3 is 15.8 Å². The van der Waals surface area contributed by atoms with Gasteiger partial charge in [0.1, 0.15) is 23.3 Å². The van der Waals surface area contributed by atoms with Crippen LogP contribution in [-0.2, 0) is 4.74 Å². The number of ether oxygens (including phenoxy) is 1. The van der Waals surface area contributed by atoms with E-state index in [4.69, 9.17) is 27.3 Å². The Hall–Kier alpha value is -3.45. The molecule has 0 saturated carbocycles. The van der Waals surface area contributed by atoms with Crippen LogP contribution in [-0.4, -0.2) is 52.9 Å². The van der Waals surface area contributed by atoms with E-state index in [1.165, 1.54) is 16.9 Å². The molecule has 1 aliphatic rings. The Morgan fingerprint density at radius 3 is 2.79 bits per heavy atom. The first-order valence-corrected chi connectivity index (χ1v) is 11.2. The lowest BCUT2D eigenvalue weighted by molar-refractivity contribution is -0.0346. The lowest BCUT2D eigenvalue weighted by Crippen LogP contribution is -2.47. The van der Waals surface area contributed by atoms with Gasteiger partial charge in [-0.2, -0.15) is 10.4 Å². The van der Waals surface area contributed by atoms with Crippen LogP contribution in [0.2, 0.25) is 5.02 Å². The molecule has 1 fully saturated rings. The zero-order chi connectivity index (χ0) is 24.2. The van der Waals surface area contributed by atoms with Crippen molar-refractivity contribution in [1.82, 2.24) is 20.0 Å². The summed E-state index contributed by atoms with van der Waals surface area (Å²) in [5.41, 5.74) is 7.60. The van der Waals surface area contributed by atoms with Gasteiger partial charge in [-0.15, -0.1) is 0 Å². The third kappa shape index (κ3) is 4.89. The number of carbonyl (C=O) groups is 1. The van der Waals surface area contributed by atoms with Crippen LogP contribution in [0.5, 0.6) is 0 Å². The second kappa shape index (κ2) is 10.2. The number of nitrogens with two attached hydrogens (primary N) is 1. The van der Waals surface area contributed by atoms with Gasteiger partial charge in [0, 0.05) is 35.8 Å². The molecule has 0 spiro atoms. The van der Waals surface area contributed by atoms with Gasteiger partial charge in [-0.25, -0.2) is 9.07 Å². The Morgan fingerprint density at radius 2 is 2.15 bits per heavy atom. The number of nitrogen functional groups attached to an aromatic ring is 1. The zero-order valence-corrected chi connectivity index (χ0v) is 19.3. The van der Waals surface area contributed by atoms with E-state index in [1.807, 2.05) is 13.0 Å². The number of nitrogens with zero attached hydrogens (tertiary/aromatic N) is 4. The molecule has 0 radical (unpaired) electrons. The molecule has 0 bridgehead atoms. The molecule has 3 N–H and O–H groups in total. The second-order valence-electron chi connectivity index (χ2n) is 8.05. The van der Waals surface area contributed by atoms with Gasteiger partial charge in [0.15, 0.2) is 0 Å². The second-order valence-corrected chi connectivity index (χ2v) is 8.46. The Labute approximate surface area is 201 Å². The SMILES string of the molecule is CC1CN(C(CNC(=O)c2ccc(-n3ncc(C#N)c3N)cc2)c2c(F)cccc2Cl)CCO1. The van der Waals surface area contributed by atoms with E-state index in [9.17, 15) is 9.18 Å². The average Bonchev–Trinajstić information content (AvgIpc) is 3.21. The monoisotopic (exact) mass is 482 g/mol. The predicted octanol–water partition coefficient (Wildman–Crippen LogP) is 3.31. The fraction of sp³-hybridized carbons (Fsp3) is 0.292. The molecular formula is C24H24ClFN6O2. The highest BCUT2D eigenvalue weighted by Crippen LogP contribution is 2.31. The standard InChI is InChI=1S/C24H24ClFN6O2/c1-15-14-31(9-10-34-15)21(22-19(25)3-2-4-20(22)26)13-29-24(33)16-5-7-18(8-6-16)32-23(28)17(11-27)12-30-32/h2-8,12,15,21H,9-10,13-14,28H2,1H3,(H,29,33). The van der Waals surface area contributed by atoms with Crippen molar-refractivity contribution >= 4 is 23.3 Å². The number of halogens is 2. The van der Waals surface area contributed by atoms with Crippen molar-refractivity contribution in [3.05, 3.63) is 76.2 Å². The van der Waals surface area contributed by atoms with E-state index < -0.39 is 11.9 Å². The minimum Gasteiger partial charge on any atom is -0.382 e. The number of carbonyl (C=O) groups excluding carboxylic acids is 1. The maximum absolute atomic E-state index is 14.8. The van der Waals surface area contributed by atoms with Crippen LogP contribution < -0.4 is 11.1 Å². The summed E-state index contributed by atoms with van der Waals surface area (Å²) in [5, 5.41) is 16.4. The van der Waals surface area contributed by atoms with Crippen LogP contribution in [0.25, 0.3) is 5.69 Å². The molecule has 34 heavy (non-hydrogen) atoms. The lowest BCUT2D eigenvalue weighted by atomic mass is 10.0. The molecular weight excluding hydrogens is 459 g/mol. The molecule has 0 aliphatic carbocycles. The minimum atomic E-state index is -0.448. The van der Waals surface area contributed by atoms with Gasteiger partial charge in [0.05, 0.1) is 30.6 Å². The number of aromatic nitrogens is 2. The van der Waals surface area contributed by atoms with Crippen LogP contribution >= 0.6 is 11.6 Å². The number of nitriles is 1. The Bertz CT molecular complexity index is 1200. The number of benzene rings is 2. The van der Waals surface area contributed by atoms with E-state index in [0.29, 0.717) is 41.5 Å². The molecule has 2 heterocycles. The van der Waals surface area contributed by atoms with Gasteiger partial charge in [-0.05, 0) is 43.3 Å². The Balaban J connectivity index is 1.51. The molecule has 4 rings (SSSR count). The largest absolute Gasteiger partial charge is 0.382 e. The van der Waals surface area contributed by atoms with E-state index in [2.05, 4.69) is 15.3 Å². The van der Waals surface area contributed by atoms with Gasteiger partial charge in [0.25, 0.3) is 5.91 Å². The molecule has 2 atom stereocenters. The van der Waals surface area contributed by atoms with Crippen LogP contribution in [0.15, 0.2) is 48.7 Å². The molecule has 1 aliphatic heterocycles. The highest BCUT2D eigenvalue weighted by molar-refractivity contribution is 6.31. The molecule has 8 nitrogen and oxygen atoms in total. The fourth-order valence-electron chi connectivity index (χ4n) is 4.07. The summed E-state index contributed by atoms with van der Waals surface area (Å²) in [4.78, 5) is 15.0. The number of rotatable bonds is 6. The van der Waals surface area contributed by atoms with Gasteiger partial charge >= 0.3 is 0 Å². The first-order valence-electron chi connectivity index (χ1n) is 10.8. The van der Waals surface area contributed by atoms with E-state index in [1.54, 1.807) is 36.4 Å². The van der Waals surface area contributed by atoms with Gasteiger partial charge in [-0.1, -0.05) is 17.7 Å². The molecule has 2 unspecified atom stereocenters. The molecule has 1 amide bonds. The highest BCUT2D eigenvalue weighted by Gasteiger charge is 2.29. The number of amides is 1.